The molecule has 0 heterocycles. The standard InChI is InChI=1S/C11H25NO/c1-6-7-11(5,13)9-12-8-10(2,3)4/h12-13H,6-9H2,1-5H3. The van der Waals surface area contributed by atoms with Gasteiger partial charge in [-0.25, -0.2) is 0 Å². The zero-order valence-corrected chi connectivity index (χ0v) is 9.78. The minimum atomic E-state index is -0.542. The highest BCUT2D eigenvalue weighted by atomic mass is 16.3. The van der Waals surface area contributed by atoms with Crippen molar-refractivity contribution in [1.82, 2.24) is 5.32 Å². The van der Waals surface area contributed by atoms with Crippen molar-refractivity contribution in [2.24, 2.45) is 5.41 Å². The molecule has 0 saturated carbocycles. The predicted molar refractivity (Wildman–Crippen MR) is 57.9 cm³/mol. The average Bonchev–Trinajstić information content (AvgIpc) is 1.82. The number of hydrogen-bond donors (Lipinski definition) is 2. The third-order valence-corrected chi connectivity index (χ3v) is 1.95. The zero-order valence-electron chi connectivity index (χ0n) is 9.78. The molecular weight excluding hydrogens is 162 g/mol. The highest BCUT2D eigenvalue weighted by Gasteiger charge is 2.19. The summed E-state index contributed by atoms with van der Waals surface area (Å²) in [6, 6.07) is 0. The van der Waals surface area contributed by atoms with Crippen LogP contribution < -0.4 is 5.32 Å². The van der Waals surface area contributed by atoms with Gasteiger partial charge in [-0.15, -0.1) is 0 Å². The van der Waals surface area contributed by atoms with E-state index in [9.17, 15) is 5.11 Å². The monoisotopic (exact) mass is 187 g/mol. The van der Waals surface area contributed by atoms with Gasteiger partial charge in [0.05, 0.1) is 5.60 Å². The van der Waals surface area contributed by atoms with Crippen LogP contribution in [0.3, 0.4) is 0 Å². The maximum absolute atomic E-state index is 9.85. The highest BCUT2D eigenvalue weighted by molar-refractivity contribution is 4.76. The van der Waals surface area contributed by atoms with Gasteiger partial charge in [0.2, 0.25) is 0 Å². The van der Waals surface area contributed by atoms with E-state index in [1.807, 2.05) is 6.92 Å². The lowest BCUT2D eigenvalue weighted by molar-refractivity contribution is 0.0482. The summed E-state index contributed by atoms with van der Waals surface area (Å²) in [7, 11) is 0. The number of rotatable bonds is 5. The lowest BCUT2D eigenvalue weighted by Crippen LogP contribution is -2.40. The van der Waals surface area contributed by atoms with Crippen molar-refractivity contribution in [3.05, 3.63) is 0 Å². The summed E-state index contributed by atoms with van der Waals surface area (Å²) in [6.07, 6.45) is 1.90. The van der Waals surface area contributed by atoms with Gasteiger partial charge < -0.3 is 10.4 Å². The summed E-state index contributed by atoms with van der Waals surface area (Å²) in [4.78, 5) is 0. The van der Waals surface area contributed by atoms with E-state index in [1.54, 1.807) is 0 Å². The number of hydrogen-bond acceptors (Lipinski definition) is 2. The molecule has 0 aliphatic carbocycles. The average molecular weight is 187 g/mol. The van der Waals surface area contributed by atoms with Crippen molar-refractivity contribution in [2.75, 3.05) is 13.1 Å². The Balaban J connectivity index is 3.63. The van der Waals surface area contributed by atoms with Crippen LogP contribution in [0.15, 0.2) is 0 Å². The van der Waals surface area contributed by atoms with Crippen LogP contribution >= 0.6 is 0 Å². The Hall–Kier alpha value is -0.0800. The smallest absolute Gasteiger partial charge is 0.0743 e. The molecule has 0 fully saturated rings. The highest BCUT2D eigenvalue weighted by Crippen LogP contribution is 2.13. The molecular formula is C11H25NO. The van der Waals surface area contributed by atoms with Crippen LogP contribution in [0, 0.1) is 5.41 Å². The van der Waals surface area contributed by atoms with Crippen molar-refractivity contribution >= 4 is 0 Å². The van der Waals surface area contributed by atoms with Crippen molar-refractivity contribution in [3.8, 4) is 0 Å². The van der Waals surface area contributed by atoms with Crippen LogP contribution in [0.25, 0.3) is 0 Å². The van der Waals surface area contributed by atoms with E-state index in [4.69, 9.17) is 0 Å². The first kappa shape index (κ1) is 12.9. The van der Waals surface area contributed by atoms with Crippen LogP contribution in [0.2, 0.25) is 0 Å². The Morgan fingerprint density at radius 1 is 1.08 bits per heavy atom. The Morgan fingerprint density at radius 2 is 1.62 bits per heavy atom. The fourth-order valence-corrected chi connectivity index (χ4v) is 1.33. The maximum Gasteiger partial charge on any atom is 0.0743 e. The molecule has 1 unspecified atom stereocenters. The molecule has 80 valence electrons. The van der Waals surface area contributed by atoms with Gasteiger partial charge in [0, 0.05) is 13.1 Å². The minimum Gasteiger partial charge on any atom is -0.389 e. The van der Waals surface area contributed by atoms with Gasteiger partial charge in [-0.3, -0.25) is 0 Å². The Labute approximate surface area is 82.7 Å². The van der Waals surface area contributed by atoms with E-state index in [0.717, 1.165) is 19.4 Å². The van der Waals surface area contributed by atoms with Crippen LogP contribution in [0.5, 0.6) is 0 Å². The summed E-state index contributed by atoms with van der Waals surface area (Å²) in [5.74, 6) is 0. The van der Waals surface area contributed by atoms with E-state index in [-0.39, 0.29) is 0 Å². The molecule has 2 heteroatoms. The topological polar surface area (TPSA) is 32.3 Å². The summed E-state index contributed by atoms with van der Waals surface area (Å²) >= 11 is 0. The molecule has 1 atom stereocenters. The first-order chi connectivity index (χ1) is 5.77. The molecule has 0 aliphatic rings. The third-order valence-electron chi connectivity index (χ3n) is 1.95. The van der Waals surface area contributed by atoms with Gasteiger partial charge >= 0.3 is 0 Å². The predicted octanol–water partition coefficient (Wildman–Crippen LogP) is 2.17. The Morgan fingerprint density at radius 3 is 2.00 bits per heavy atom. The largest absolute Gasteiger partial charge is 0.389 e. The molecule has 0 rings (SSSR count). The molecule has 0 spiro atoms. The molecule has 2 N–H and O–H groups in total. The van der Waals surface area contributed by atoms with Gasteiger partial charge in [-0.05, 0) is 18.8 Å². The Bertz CT molecular complexity index is 136. The fourth-order valence-electron chi connectivity index (χ4n) is 1.33. The third kappa shape index (κ3) is 8.26. The van der Waals surface area contributed by atoms with Crippen LogP contribution in [0.1, 0.15) is 47.5 Å². The molecule has 0 aromatic rings. The molecule has 0 aromatic carbocycles. The quantitative estimate of drug-likeness (QED) is 0.691. The minimum absolute atomic E-state index is 0.294. The summed E-state index contributed by atoms with van der Waals surface area (Å²) < 4.78 is 0. The second kappa shape index (κ2) is 4.97. The SMILES string of the molecule is CCCC(C)(O)CNCC(C)(C)C. The van der Waals surface area contributed by atoms with Crippen LogP contribution in [-0.2, 0) is 0 Å². The summed E-state index contributed by atoms with van der Waals surface area (Å²) in [5.41, 5.74) is -0.248. The van der Waals surface area contributed by atoms with Gasteiger partial charge in [0.15, 0.2) is 0 Å². The molecule has 2 nitrogen and oxygen atoms in total. The zero-order chi connectivity index (χ0) is 10.5. The lowest BCUT2D eigenvalue weighted by atomic mass is 9.95. The van der Waals surface area contributed by atoms with E-state index in [0.29, 0.717) is 12.0 Å². The van der Waals surface area contributed by atoms with E-state index in [1.165, 1.54) is 0 Å². The second-order valence-corrected chi connectivity index (χ2v) is 5.41. The first-order valence-electron chi connectivity index (χ1n) is 5.20. The van der Waals surface area contributed by atoms with Crippen molar-refractivity contribution in [1.29, 1.82) is 0 Å². The van der Waals surface area contributed by atoms with Crippen molar-refractivity contribution in [2.45, 2.75) is 53.1 Å². The van der Waals surface area contributed by atoms with E-state index >= 15 is 0 Å². The molecule has 0 aromatic heterocycles. The van der Waals surface area contributed by atoms with E-state index < -0.39 is 5.60 Å². The van der Waals surface area contributed by atoms with Crippen molar-refractivity contribution in [3.63, 3.8) is 0 Å². The number of aliphatic hydroxyl groups is 1. The van der Waals surface area contributed by atoms with Crippen LogP contribution in [-0.4, -0.2) is 23.8 Å². The molecule has 0 bridgehead atoms. The molecule has 0 radical (unpaired) electrons. The van der Waals surface area contributed by atoms with E-state index in [2.05, 4.69) is 33.0 Å². The number of nitrogens with one attached hydrogen (secondary N) is 1. The Kier molecular flexibility index (Phi) is 4.93. The van der Waals surface area contributed by atoms with Crippen molar-refractivity contribution < 1.29 is 5.11 Å². The first-order valence-corrected chi connectivity index (χ1v) is 5.20. The second-order valence-electron chi connectivity index (χ2n) is 5.41. The van der Waals surface area contributed by atoms with Gasteiger partial charge in [-0.1, -0.05) is 34.1 Å². The lowest BCUT2D eigenvalue weighted by Gasteiger charge is -2.26. The summed E-state index contributed by atoms with van der Waals surface area (Å²) in [6.45, 7) is 12.2. The summed E-state index contributed by atoms with van der Waals surface area (Å²) in [5, 5.41) is 13.1. The molecule has 0 saturated heterocycles. The fraction of sp³-hybridized carbons (Fsp3) is 1.00. The maximum atomic E-state index is 9.85. The van der Waals surface area contributed by atoms with Gasteiger partial charge in [0.25, 0.3) is 0 Å². The normalized spacial score (nSPS) is 17.1. The molecule has 0 amide bonds. The van der Waals surface area contributed by atoms with Gasteiger partial charge in [-0.2, -0.15) is 0 Å². The molecule has 0 aliphatic heterocycles. The molecule has 13 heavy (non-hydrogen) atoms. The van der Waals surface area contributed by atoms with Crippen LogP contribution in [0.4, 0.5) is 0 Å². The van der Waals surface area contributed by atoms with Gasteiger partial charge in [0.1, 0.15) is 0 Å².